The number of anilines is 1. The second-order valence-electron chi connectivity index (χ2n) is 4.60. The maximum Gasteiger partial charge on any atom is 0.251 e. The van der Waals surface area contributed by atoms with Crippen LogP contribution in [0.4, 0.5) is 5.69 Å². The van der Waals surface area contributed by atoms with Crippen molar-refractivity contribution in [1.82, 2.24) is 5.32 Å². The minimum absolute atomic E-state index is 0.0354. The fourth-order valence-corrected chi connectivity index (χ4v) is 2.47. The number of amides is 2. The van der Waals surface area contributed by atoms with Gasteiger partial charge in [-0.15, -0.1) is 11.8 Å². The Balaban J connectivity index is 2.06. The smallest absolute Gasteiger partial charge is 0.251 e. The fraction of sp³-hybridized carbons (Fsp3) is 0.385. The Labute approximate surface area is 116 Å². The van der Waals surface area contributed by atoms with Crippen LogP contribution in [0.15, 0.2) is 23.1 Å². The highest BCUT2D eigenvalue weighted by Gasteiger charge is 2.17. The van der Waals surface area contributed by atoms with Crippen LogP contribution in [0.25, 0.3) is 0 Å². The lowest BCUT2D eigenvalue weighted by atomic mass is 10.1. The molecule has 1 aromatic carbocycles. The summed E-state index contributed by atoms with van der Waals surface area (Å²) in [5, 5.41) is 5.60. The molecule has 1 unspecified atom stereocenters. The third-order valence-electron chi connectivity index (χ3n) is 2.89. The molecule has 5 nitrogen and oxygen atoms in total. The highest BCUT2D eigenvalue weighted by molar-refractivity contribution is 8.00. The van der Waals surface area contributed by atoms with Crippen molar-refractivity contribution in [2.24, 2.45) is 11.7 Å². The first kappa shape index (κ1) is 13.9. The zero-order valence-electron chi connectivity index (χ0n) is 10.7. The minimum atomic E-state index is -0.145. The molecular weight excluding hydrogens is 262 g/mol. The van der Waals surface area contributed by atoms with Crippen molar-refractivity contribution < 1.29 is 9.59 Å². The van der Waals surface area contributed by atoms with Crippen molar-refractivity contribution in [3.8, 4) is 0 Å². The molecule has 0 bridgehead atoms. The van der Waals surface area contributed by atoms with Crippen LogP contribution < -0.4 is 16.4 Å². The summed E-state index contributed by atoms with van der Waals surface area (Å²) in [5.74, 6) is 0.489. The van der Waals surface area contributed by atoms with Crippen LogP contribution in [0.2, 0.25) is 0 Å². The van der Waals surface area contributed by atoms with Crippen LogP contribution in [0.5, 0.6) is 0 Å². The van der Waals surface area contributed by atoms with E-state index in [0.29, 0.717) is 30.1 Å². The first-order valence-corrected chi connectivity index (χ1v) is 7.13. The van der Waals surface area contributed by atoms with Crippen molar-refractivity contribution in [2.75, 3.05) is 24.2 Å². The molecule has 0 saturated carbocycles. The SMILES string of the molecule is CC(CN)CNC(=O)c1ccc2c(c1)NC(=O)CS2. The standard InChI is InChI=1S/C13H17N3O2S/c1-8(5-14)6-15-13(18)9-2-3-11-10(4-9)16-12(17)7-19-11/h2-4,8H,5-7,14H2,1H3,(H,15,18)(H,16,17). The Bertz CT molecular complexity index is 505. The summed E-state index contributed by atoms with van der Waals surface area (Å²) >= 11 is 1.48. The average molecular weight is 279 g/mol. The van der Waals surface area contributed by atoms with E-state index in [0.717, 1.165) is 4.90 Å². The number of fused-ring (bicyclic) bond motifs is 1. The lowest BCUT2D eigenvalue weighted by Gasteiger charge is -2.17. The Kier molecular flexibility index (Phi) is 4.44. The summed E-state index contributed by atoms with van der Waals surface area (Å²) in [7, 11) is 0. The fourth-order valence-electron chi connectivity index (χ4n) is 1.68. The van der Waals surface area contributed by atoms with Gasteiger partial charge in [0.05, 0.1) is 11.4 Å². The van der Waals surface area contributed by atoms with Crippen molar-refractivity contribution >= 4 is 29.3 Å². The highest BCUT2D eigenvalue weighted by atomic mass is 32.2. The number of rotatable bonds is 4. The molecule has 102 valence electrons. The zero-order chi connectivity index (χ0) is 13.8. The van der Waals surface area contributed by atoms with Crippen molar-refractivity contribution in [3.63, 3.8) is 0 Å². The number of nitrogens with one attached hydrogen (secondary N) is 2. The van der Waals surface area contributed by atoms with E-state index in [1.165, 1.54) is 11.8 Å². The van der Waals surface area contributed by atoms with Gasteiger partial charge in [-0.3, -0.25) is 9.59 Å². The molecule has 0 saturated heterocycles. The molecule has 1 aliphatic heterocycles. The normalized spacial score (nSPS) is 15.4. The molecule has 19 heavy (non-hydrogen) atoms. The van der Waals surface area contributed by atoms with E-state index >= 15 is 0 Å². The summed E-state index contributed by atoms with van der Waals surface area (Å²) in [6, 6.07) is 5.34. The van der Waals surface area contributed by atoms with Gasteiger partial charge in [0.15, 0.2) is 0 Å². The van der Waals surface area contributed by atoms with Crippen LogP contribution in [0, 0.1) is 5.92 Å². The Morgan fingerprint density at radius 2 is 2.37 bits per heavy atom. The van der Waals surface area contributed by atoms with Crippen molar-refractivity contribution in [2.45, 2.75) is 11.8 Å². The van der Waals surface area contributed by atoms with Crippen LogP contribution >= 0.6 is 11.8 Å². The first-order chi connectivity index (χ1) is 9.10. The summed E-state index contributed by atoms with van der Waals surface area (Å²) in [6.45, 7) is 3.06. The van der Waals surface area contributed by atoms with Gasteiger partial charge >= 0.3 is 0 Å². The highest BCUT2D eigenvalue weighted by Crippen LogP contribution is 2.31. The molecule has 0 spiro atoms. The van der Waals surface area contributed by atoms with Gasteiger partial charge in [-0.25, -0.2) is 0 Å². The van der Waals surface area contributed by atoms with Crippen LogP contribution in [-0.2, 0) is 4.79 Å². The van der Waals surface area contributed by atoms with Gasteiger partial charge in [0.25, 0.3) is 5.91 Å². The van der Waals surface area contributed by atoms with E-state index in [-0.39, 0.29) is 17.7 Å². The topological polar surface area (TPSA) is 84.2 Å². The molecule has 0 fully saturated rings. The first-order valence-electron chi connectivity index (χ1n) is 6.15. The zero-order valence-corrected chi connectivity index (χ0v) is 11.5. The van der Waals surface area contributed by atoms with Gasteiger partial charge in [-0.05, 0) is 30.7 Å². The van der Waals surface area contributed by atoms with Crippen molar-refractivity contribution in [1.29, 1.82) is 0 Å². The van der Waals surface area contributed by atoms with Gasteiger partial charge in [0, 0.05) is 17.0 Å². The van der Waals surface area contributed by atoms with E-state index in [1.807, 2.05) is 13.0 Å². The Morgan fingerprint density at radius 1 is 1.58 bits per heavy atom. The molecule has 1 atom stereocenters. The predicted octanol–water partition coefficient (Wildman–Crippen LogP) is 1.06. The molecule has 1 heterocycles. The number of carbonyl (C=O) groups is 2. The molecule has 0 aromatic heterocycles. The second-order valence-corrected chi connectivity index (χ2v) is 5.62. The van der Waals surface area contributed by atoms with Gasteiger partial charge in [-0.1, -0.05) is 6.92 Å². The average Bonchev–Trinajstić information content (AvgIpc) is 2.43. The third-order valence-corrected chi connectivity index (χ3v) is 3.96. The van der Waals surface area contributed by atoms with E-state index in [4.69, 9.17) is 5.73 Å². The molecule has 0 radical (unpaired) electrons. The van der Waals surface area contributed by atoms with E-state index in [2.05, 4.69) is 10.6 Å². The number of carbonyl (C=O) groups excluding carboxylic acids is 2. The number of thioether (sulfide) groups is 1. The summed E-state index contributed by atoms with van der Waals surface area (Å²) in [5.41, 5.74) is 6.76. The maximum absolute atomic E-state index is 12.0. The number of hydrogen-bond acceptors (Lipinski definition) is 4. The molecule has 1 aromatic rings. The minimum Gasteiger partial charge on any atom is -0.352 e. The van der Waals surface area contributed by atoms with Crippen molar-refractivity contribution in [3.05, 3.63) is 23.8 Å². The van der Waals surface area contributed by atoms with Crippen LogP contribution in [-0.4, -0.2) is 30.7 Å². The maximum atomic E-state index is 12.0. The van der Waals surface area contributed by atoms with Gasteiger partial charge in [0.1, 0.15) is 0 Å². The molecular formula is C13H17N3O2S. The molecule has 2 rings (SSSR count). The number of hydrogen-bond donors (Lipinski definition) is 3. The molecule has 2 amide bonds. The van der Waals surface area contributed by atoms with Gasteiger partial charge in [0.2, 0.25) is 5.91 Å². The van der Waals surface area contributed by atoms with Gasteiger partial charge < -0.3 is 16.4 Å². The van der Waals surface area contributed by atoms with E-state index < -0.39 is 0 Å². The summed E-state index contributed by atoms with van der Waals surface area (Å²) < 4.78 is 0. The Hall–Kier alpha value is -1.53. The quantitative estimate of drug-likeness (QED) is 0.769. The van der Waals surface area contributed by atoms with Crippen LogP contribution in [0.3, 0.4) is 0 Å². The lowest BCUT2D eigenvalue weighted by molar-refractivity contribution is -0.113. The lowest BCUT2D eigenvalue weighted by Crippen LogP contribution is -2.31. The van der Waals surface area contributed by atoms with E-state index in [1.54, 1.807) is 12.1 Å². The molecule has 4 N–H and O–H groups in total. The monoisotopic (exact) mass is 279 g/mol. The van der Waals surface area contributed by atoms with Crippen LogP contribution in [0.1, 0.15) is 17.3 Å². The molecule has 1 aliphatic rings. The number of nitrogens with two attached hydrogens (primary N) is 1. The van der Waals surface area contributed by atoms with Gasteiger partial charge in [-0.2, -0.15) is 0 Å². The molecule has 0 aliphatic carbocycles. The van der Waals surface area contributed by atoms with E-state index in [9.17, 15) is 9.59 Å². The second kappa shape index (κ2) is 6.08. The Morgan fingerprint density at radius 3 is 3.11 bits per heavy atom. The number of benzene rings is 1. The summed E-state index contributed by atoms with van der Waals surface area (Å²) in [4.78, 5) is 24.3. The predicted molar refractivity (Wildman–Crippen MR) is 76.3 cm³/mol. The summed E-state index contributed by atoms with van der Waals surface area (Å²) in [6.07, 6.45) is 0. The third kappa shape index (κ3) is 3.48. The largest absolute Gasteiger partial charge is 0.352 e. The molecule has 6 heteroatoms.